The molecule has 4 N–H and O–H groups in total. The highest BCUT2D eigenvalue weighted by Gasteiger charge is 2.00. The second-order valence-electron chi connectivity index (χ2n) is 1.44. The Bertz CT molecular complexity index is 109. The Balaban J connectivity index is 2.30. The van der Waals surface area contributed by atoms with Gasteiger partial charge in [0.25, 0.3) is 0 Å². The van der Waals surface area contributed by atoms with Crippen molar-refractivity contribution >= 4 is 6.21 Å². The summed E-state index contributed by atoms with van der Waals surface area (Å²) in [6, 6.07) is 0. The van der Waals surface area contributed by atoms with E-state index in [0.717, 1.165) is 0 Å². The maximum atomic E-state index is 4.87. The van der Waals surface area contributed by atoms with Gasteiger partial charge in [-0.05, 0) is 0 Å². The highest BCUT2D eigenvalue weighted by molar-refractivity contribution is 5.64. The van der Waals surface area contributed by atoms with Crippen molar-refractivity contribution in [2.45, 2.75) is 6.17 Å². The van der Waals surface area contributed by atoms with Gasteiger partial charge in [-0.1, -0.05) is 0 Å². The van der Waals surface area contributed by atoms with Gasteiger partial charge in [0.15, 0.2) is 0 Å². The van der Waals surface area contributed by atoms with Crippen LogP contribution in [0.5, 0.6) is 0 Å². The highest BCUT2D eigenvalue weighted by Crippen LogP contribution is 1.80. The van der Waals surface area contributed by atoms with Gasteiger partial charge in [-0.25, -0.2) is 0 Å². The maximum Gasteiger partial charge on any atom is 0.134 e. The number of hydrogen-bond acceptors (Lipinski definition) is 4. The van der Waals surface area contributed by atoms with Gasteiger partial charge in [0, 0.05) is 12.4 Å². The monoisotopic (exact) mass is 112 g/mol. The third-order valence-electron chi connectivity index (χ3n) is 0.870. The number of nitrogens with zero attached hydrogens (tertiary/aromatic N) is 1. The molecule has 4 nitrogen and oxygen atoms in total. The summed E-state index contributed by atoms with van der Waals surface area (Å²) in [5.74, 6) is 4.87. The minimum atomic E-state index is 0.0833. The van der Waals surface area contributed by atoms with Gasteiger partial charge in [0.1, 0.15) is 6.17 Å². The van der Waals surface area contributed by atoms with Crippen molar-refractivity contribution in [3.8, 4) is 0 Å². The first kappa shape index (κ1) is 4.96. The Hall–Kier alpha value is -1.19. The topological polar surface area (TPSA) is 62.4 Å². The van der Waals surface area contributed by atoms with E-state index in [1.807, 2.05) is 0 Å². The van der Waals surface area contributed by atoms with Gasteiger partial charge >= 0.3 is 0 Å². The molecule has 0 radical (unpaired) electrons. The average molecular weight is 112 g/mol. The molecule has 1 aliphatic heterocycles. The fraction of sp³-hybridized carbons (Fsp3) is 0.250. The molecular weight excluding hydrogens is 104 g/mol. The van der Waals surface area contributed by atoms with Crippen LogP contribution in [0, 0.1) is 0 Å². The molecule has 1 aliphatic rings. The van der Waals surface area contributed by atoms with E-state index in [-0.39, 0.29) is 6.17 Å². The van der Waals surface area contributed by atoms with Crippen LogP contribution in [0.15, 0.2) is 17.5 Å². The van der Waals surface area contributed by atoms with Crippen LogP contribution in [0.1, 0.15) is 0 Å². The summed E-state index contributed by atoms with van der Waals surface area (Å²) in [7, 11) is 0. The molecule has 0 aromatic rings. The molecule has 0 saturated heterocycles. The Labute approximate surface area is 47.4 Å². The minimum absolute atomic E-state index is 0.0833. The zero-order valence-corrected chi connectivity index (χ0v) is 4.33. The predicted molar refractivity (Wildman–Crippen MR) is 31.9 cm³/mol. The van der Waals surface area contributed by atoms with Crippen LogP contribution >= 0.6 is 0 Å². The molecule has 0 aromatic carbocycles. The van der Waals surface area contributed by atoms with Gasteiger partial charge in [-0.15, -0.1) is 0 Å². The number of hydrogen-bond donors (Lipinski definition) is 3. The molecule has 0 saturated carbocycles. The van der Waals surface area contributed by atoms with Crippen molar-refractivity contribution < 1.29 is 0 Å². The first-order chi connectivity index (χ1) is 3.93. The van der Waals surface area contributed by atoms with Crippen LogP contribution in [0.25, 0.3) is 0 Å². The van der Waals surface area contributed by atoms with E-state index in [9.17, 15) is 0 Å². The lowest BCUT2D eigenvalue weighted by Gasteiger charge is -2.02. The van der Waals surface area contributed by atoms with E-state index in [0.29, 0.717) is 0 Å². The molecule has 1 heterocycles. The smallest absolute Gasteiger partial charge is 0.134 e. The third kappa shape index (κ3) is 0.900. The second-order valence-corrected chi connectivity index (χ2v) is 1.44. The SMILES string of the molecule is N/N=C/C1NC=CN1. The van der Waals surface area contributed by atoms with Crippen molar-refractivity contribution in [2.24, 2.45) is 10.9 Å². The predicted octanol–water partition coefficient (Wildman–Crippen LogP) is -1.08. The van der Waals surface area contributed by atoms with Crippen LogP contribution in [-0.4, -0.2) is 12.4 Å². The first-order valence-electron chi connectivity index (χ1n) is 2.34. The second kappa shape index (κ2) is 2.20. The number of rotatable bonds is 1. The lowest BCUT2D eigenvalue weighted by atomic mass is 10.6. The molecule has 0 fully saturated rings. The minimum Gasteiger partial charge on any atom is -0.366 e. The summed E-state index contributed by atoms with van der Waals surface area (Å²) in [6.45, 7) is 0. The summed E-state index contributed by atoms with van der Waals surface area (Å²) in [5.41, 5.74) is 0. The number of nitrogens with two attached hydrogens (primary N) is 1. The molecule has 0 spiro atoms. The van der Waals surface area contributed by atoms with Crippen LogP contribution < -0.4 is 16.5 Å². The molecule has 1 rings (SSSR count). The lowest BCUT2D eigenvalue weighted by Crippen LogP contribution is -2.32. The Morgan fingerprint density at radius 1 is 1.50 bits per heavy atom. The molecule has 0 unspecified atom stereocenters. The van der Waals surface area contributed by atoms with E-state index in [2.05, 4.69) is 15.7 Å². The van der Waals surface area contributed by atoms with Crippen LogP contribution in [0.2, 0.25) is 0 Å². The zero-order valence-electron chi connectivity index (χ0n) is 4.33. The van der Waals surface area contributed by atoms with Crippen molar-refractivity contribution in [1.82, 2.24) is 10.6 Å². The fourth-order valence-electron chi connectivity index (χ4n) is 0.524. The summed E-state index contributed by atoms with van der Waals surface area (Å²) >= 11 is 0. The number of hydrazone groups is 1. The van der Waals surface area contributed by atoms with Gasteiger partial charge in [0.2, 0.25) is 0 Å². The summed E-state index contributed by atoms with van der Waals surface area (Å²) in [6.07, 6.45) is 5.26. The molecule has 8 heavy (non-hydrogen) atoms. The van der Waals surface area contributed by atoms with Crippen LogP contribution in [-0.2, 0) is 0 Å². The molecule has 44 valence electrons. The normalized spacial score (nSPS) is 19.0. The Morgan fingerprint density at radius 2 is 2.12 bits per heavy atom. The van der Waals surface area contributed by atoms with Crippen molar-refractivity contribution in [1.29, 1.82) is 0 Å². The molecule has 0 aromatic heterocycles. The van der Waals surface area contributed by atoms with Crippen molar-refractivity contribution in [3.63, 3.8) is 0 Å². The molecule has 4 heteroatoms. The van der Waals surface area contributed by atoms with Crippen LogP contribution in [0.3, 0.4) is 0 Å². The van der Waals surface area contributed by atoms with Gasteiger partial charge in [0.05, 0.1) is 6.21 Å². The molecule has 0 amide bonds. The zero-order chi connectivity index (χ0) is 5.82. The van der Waals surface area contributed by atoms with Gasteiger partial charge < -0.3 is 16.5 Å². The third-order valence-corrected chi connectivity index (χ3v) is 0.870. The molecule has 0 bridgehead atoms. The Kier molecular flexibility index (Phi) is 1.37. The van der Waals surface area contributed by atoms with E-state index < -0.39 is 0 Å². The van der Waals surface area contributed by atoms with Crippen molar-refractivity contribution in [3.05, 3.63) is 12.4 Å². The average Bonchev–Trinajstić information content (AvgIpc) is 2.19. The van der Waals surface area contributed by atoms with E-state index in [4.69, 9.17) is 5.84 Å². The molecule has 0 atom stereocenters. The lowest BCUT2D eigenvalue weighted by molar-refractivity contribution is 0.734. The van der Waals surface area contributed by atoms with E-state index in [1.54, 1.807) is 18.6 Å². The maximum absolute atomic E-state index is 4.87. The van der Waals surface area contributed by atoms with Crippen LogP contribution in [0.4, 0.5) is 0 Å². The van der Waals surface area contributed by atoms with Gasteiger partial charge in [-0.2, -0.15) is 5.10 Å². The number of nitrogens with one attached hydrogen (secondary N) is 2. The first-order valence-corrected chi connectivity index (χ1v) is 2.34. The molecular formula is C4H8N4. The largest absolute Gasteiger partial charge is 0.366 e. The summed E-state index contributed by atoms with van der Waals surface area (Å²) in [4.78, 5) is 0. The quantitative estimate of drug-likeness (QED) is 0.230. The molecule has 0 aliphatic carbocycles. The van der Waals surface area contributed by atoms with Gasteiger partial charge in [-0.3, -0.25) is 0 Å². The summed E-state index contributed by atoms with van der Waals surface area (Å²) in [5, 5.41) is 9.20. The van der Waals surface area contributed by atoms with Crippen molar-refractivity contribution in [2.75, 3.05) is 0 Å². The fourth-order valence-corrected chi connectivity index (χ4v) is 0.524. The highest BCUT2D eigenvalue weighted by atomic mass is 15.2. The van der Waals surface area contributed by atoms with E-state index >= 15 is 0 Å². The standard InChI is InChI=1S/C4H8N4/c5-8-3-4-6-1-2-7-4/h1-4,6-7H,5H2/b8-3+. The summed E-state index contributed by atoms with van der Waals surface area (Å²) < 4.78 is 0. The Morgan fingerprint density at radius 3 is 2.62 bits per heavy atom. The van der Waals surface area contributed by atoms with E-state index in [1.165, 1.54) is 0 Å².